The molecule has 1 aromatic rings. The highest BCUT2D eigenvalue weighted by Gasteiger charge is 2.47. The maximum absolute atomic E-state index is 13.0. The lowest BCUT2D eigenvalue weighted by atomic mass is 9.78. The Kier molecular flexibility index (Phi) is 4.44. The third-order valence-corrected chi connectivity index (χ3v) is 3.88. The van der Waals surface area contributed by atoms with E-state index in [0.717, 1.165) is 0 Å². The van der Waals surface area contributed by atoms with Crippen LogP contribution in [0, 0.1) is 5.41 Å². The topological polar surface area (TPSA) is 88.6 Å². The Morgan fingerprint density at radius 1 is 1.41 bits per heavy atom. The average Bonchev–Trinajstić information content (AvgIpc) is 2.92. The first-order valence-corrected chi connectivity index (χ1v) is 7.33. The van der Waals surface area contributed by atoms with Crippen LogP contribution >= 0.6 is 0 Å². The number of nitrogens with one attached hydrogen (secondary N) is 1. The van der Waals surface area contributed by atoms with Gasteiger partial charge in [-0.15, -0.1) is 0 Å². The number of carbonyl (C=O) groups excluding carboxylic acids is 1. The number of Topliss-reactive ketones (excluding diaryl/α,β-unsaturated/α-hetero) is 1. The van der Waals surface area contributed by atoms with Gasteiger partial charge in [-0.3, -0.25) is 9.59 Å². The second kappa shape index (κ2) is 5.85. The summed E-state index contributed by atoms with van der Waals surface area (Å²) in [4.78, 5) is 27.1. The van der Waals surface area contributed by atoms with Gasteiger partial charge in [-0.2, -0.15) is 0 Å². The lowest BCUT2D eigenvalue weighted by Gasteiger charge is -2.45. The van der Waals surface area contributed by atoms with Crippen LogP contribution in [-0.4, -0.2) is 40.3 Å². The predicted molar refractivity (Wildman–Crippen MR) is 79.5 cm³/mol. The van der Waals surface area contributed by atoms with Crippen LogP contribution in [0.15, 0.2) is 18.3 Å². The Labute approximate surface area is 129 Å². The molecule has 2 N–H and O–H groups in total. The molecule has 6 nitrogen and oxygen atoms in total. The Hall–Kier alpha value is -1.66. The number of carboxylic acid groups (broad SMARTS) is 1. The lowest BCUT2D eigenvalue weighted by Crippen LogP contribution is -2.54. The number of hydrogen-bond acceptors (Lipinski definition) is 4. The molecule has 1 aromatic heterocycles. The smallest absolute Gasteiger partial charge is 0.304 e. The van der Waals surface area contributed by atoms with Gasteiger partial charge in [0.2, 0.25) is 0 Å². The van der Waals surface area contributed by atoms with E-state index in [2.05, 4.69) is 4.98 Å². The molecule has 1 aliphatic heterocycles. The molecule has 6 heteroatoms. The first kappa shape index (κ1) is 16.7. The summed E-state index contributed by atoms with van der Waals surface area (Å²) in [7, 11) is 0. The number of ether oxygens (including phenoxy) is 2. The fourth-order valence-corrected chi connectivity index (χ4v) is 2.64. The van der Waals surface area contributed by atoms with Crippen molar-refractivity contribution in [2.45, 2.75) is 51.9 Å². The molecule has 0 aliphatic carbocycles. The highest BCUT2D eigenvalue weighted by molar-refractivity contribution is 5.93. The second-order valence-electron chi connectivity index (χ2n) is 6.85. The van der Waals surface area contributed by atoms with Gasteiger partial charge in [0.05, 0.1) is 18.9 Å². The van der Waals surface area contributed by atoms with Gasteiger partial charge in [-0.1, -0.05) is 13.8 Å². The van der Waals surface area contributed by atoms with Crippen LogP contribution in [0.3, 0.4) is 0 Å². The summed E-state index contributed by atoms with van der Waals surface area (Å²) in [6.07, 6.45) is 0.692. The van der Waals surface area contributed by atoms with Crippen LogP contribution in [0.1, 0.15) is 45.7 Å². The highest BCUT2D eigenvalue weighted by Crippen LogP contribution is 2.38. The molecule has 122 valence electrons. The number of carbonyl (C=O) groups is 2. The van der Waals surface area contributed by atoms with Gasteiger partial charge in [0.1, 0.15) is 6.10 Å². The van der Waals surface area contributed by atoms with E-state index in [0.29, 0.717) is 12.3 Å². The van der Waals surface area contributed by atoms with Crippen LogP contribution in [0.4, 0.5) is 0 Å². The molecule has 0 radical (unpaired) electrons. The summed E-state index contributed by atoms with van der Waals surface area (Å²) in [6, 6.07) is 3.47. The Morgan fingerprint density at radius 2 is 2.09 bits per heavy atom. The minimum Gasteiger partial charge on any atom is -0.481 e. The van der Waals surface area contributed by atoms with E-state index in [9.17, 15) is 9.59 Å². The summed E-state index contributed by atoms with van der Waals surface area (Å²) in [6.45, 7) is 7.66. The monoisotopic (exact) mass is 309 g/mol. The van der Waals surface area contributed by atoms with E-state index in [1.165, 1.54) is 0 Å². The Morgan fingerprint density at radius 3 is 2.64 bits per heavy atom. The molecule has 2 atom stereocenters. The molecule has 1 saturated heterocycles. The van der Waals surface area contributed by atoms with Crippen molar-refractivity contribution in [1.29, 1.82) is 0 Å². The molecule has 2 rings (SSSR count). The van der Waals surface area contributed by atoms with Crippen LogP contribution in [0.5, 0.6) is 0 Å². The molecule has 22 heavy (non-hydrogen) atoms. The number of aliphatic carboxylic acids is 1. The summed E-state index contributed by atoms with van der Waals surface area (Å²) >= 11 is 0. The van der Waals surface area contributed by atoms with Crippen molar-refractivity contribution in [3.05, 3.63) is 24.0 Å². The number of rotatable bonds is 5. The number of aromatic amines is 1. The van der Waals surface area contributed by atoms with E-state index in [1.807, 2.05) is 13.8 Å². The number of carboxylic acids is 1. The molecule has 0 spiro atoms. The standard InChI is InChI=1S/C16H23NO5/c1-15(2)9-21-16(3,4)22-14(15)13(20)10(8-12(18)19)11-6-5-7-17-11/h5-7,10,14,17H,8-9H2,1-4H3,(H,18,19). The second-order valence-corrected chi connectivity index (χ2v) is 6.85. The van der Waals surface area contributed by atoms with Gasteiger partial charge in [-0.25, -0.2) is 0 Å². The fraction of sp³-hybridized carbons (Fsp3) is 0.625. The largest absolute Gasteiger partial charge is 0.481 e. The molecule has 0 saturated carbocycles. The minimum atomic E-state index is -1.02. The van der Waals surface area contributed by atoms with Gasteiger partial charge in [0.25, 0.3) is 0 Å². The van der Waals surface area contributed by atoms with Crippen molar-refractivity contribution < 1.29 is 24.2 Å². The van der Waals surface area contributed by atoms with Crippen LogP contribution in [0.25, 0.3) is 0 Å². The van der Waals surface area contributed by atoms with Gasteiger partial charge in [0.15, 0.2) is 11.6 Å². The molecule has 1 aliphatic rings. The predicted octanol–water partition coefficient (Wildman–Crippen LogP) is 2.32. The first-order valence-electron chi connectivity index (χ1n) is 7.33. The normalized spacial score (nSPS) is 24.6. The molecule has 2 heterocycles. The molecule has 0 aromatic carbocycles. The SMILES string of the molecule is CC1(C)OCC(C)(C)C(C(=O)C(CC(=O)O)c2ccc[nH]2)O1. The minimum absolute atomic E-state index is 0.230. The van der Waals surface area contributed by atoms with E-state index in [-0.39, 0.29) is 12.2 Å². The number of ketones is 1. The van der Waals surface area contributed by atoms with E-state index in [1.54, 1.807) is 32.2 Å². The highest BCUT2D eigenvalue weighted by atomic mass is 16.7. The summed E-state index contributed by atoms with van der Waals surface area (Å²) in [5.41, 5.74) is 0.0757. The Bertz CT molecular complexity index is 547. The van der Waals surface area contributed by atoms with E-state index < -0.39 is 29.2 Å². The van der Waals surface area contributed by atoms with Crippen molar-refractivity contribution in [2.24, 2.45) is 5.41 Å². The average molecular weight is 309 g/mol. The third kappa shape index (κ3) is 3.56. The zero-order chi connectivity index (χ0) is 16.5. The van der Waals surface area contributed by atoms with Crippen LogP contribution in [0.2, 0.25) is 0 Å². The van der Waals surface area contributed by atoms with Gasteiger partial charge in [0, 0.05) is 17.3 Å². The number of H-pyrrole nitrogens is 1. The number of aromatic nitrogens is 1. The van der Waals surface area contributed by atoms with Crippen molar-refractivity contribution in [3.8, 4) is 0 Å². The zero-order valence-electron chi connectivity index (χ0n) is 13.4. The maximum atomic E-state index is 13.0. The molecule has 2 unspecified atom stereocenters. The van der Waals surface area contributed by atoms with E-state index >= 15 is 0 Å². The van der Waals surface area contributed by atoms with E-state index in [4.69, 9.17) is 14.6 Å². The summed E-state index contributed by atoms with van der Waals surface area (Å²) < 4.78 is 11.4. The fourth-order valence-electron chi connectivity index (χ4n) is 2.64. The summed E-state index contributed by atoms with van der Waals surface area (Å²) in [5.74, 6) is -2.87. The quantitative estimate of drug-likeness (QED) is 0.871. The van der Waals surface area contributed by atoms with Gasteiger partial charge < -0.3 is 19.6 Å². The van der Waals surface area contributed by atoms with Crippen molar-refractivity contribution in [3.63, 3.8) is 0 Å². The molecular formula is C16H23NO5. The van der Waals surface area contributed by atoms with Crippen molar-refractivity contribution in [1.82, 2.24) is 4.98 Å². The molecule has 0 bridgehead atoms. The van der Waals surface area contributed by atoms with Gasteiger partial charge >= 0.3 is 5.97 Å². The van der Waals surface area contributed by atoms with Crippen LogP contribution in [-0.2, 0) is 19.1 Å². The first-order chi connectivity index (χ1) is 10.1. The summed E-state index contributed by atoms with van der Waals surface area (Å²) in [5, 5.41) is 9.13. The molecule has 0 amide bonds. The lowest BCUT2D eigenvalue weighted by molar-refractivity contribution is -0.304. The maximum Gasteiger partial charge on any atom is 0.304 e. The van der Waals surface area contributed by atoms with Gasteiger partial charge in [-0.05, 0) is 26.0 Å². The van der Waals surface area contributed by atoms with Crippen LogP contribution < -0.4 is 0 Å². The number of hydrogen-bond donors (Lipinski definition) is 2. The Balaban J connectivity index is 2.30. The zero-order valence-corrected chi connectivity index (χ0v) is 13.4. The molecular weight excluding hydrogens is 286 g/mol. The third-order valence-electron chi connectivity index (χ3n) is 3.88. The van der Waals surface area contributed by atoms with Crippen molar-refractivity contribution in [2.75, 3.05) is 6.61 Å². The molecule has 1 fully saturated rings. The van der Waals surface area contributed by atoms with Crippen molar-refractivity contribution >= 4 is 11.8 Å².